The predicted octanol–water partition coefficient (Wildman–Crippen LogP) is 6.33. The summed E-state index contributed by atoms with van der Waals surface area (Å²) in [5.74, 6) is -3.19. The monoisotopic (exact) mass is 720 g/mol. The molecule has 0 aliphatic carbocycles. The first kappa shape index (κ1) is 37.6. The number of esters is 5. The van der Waals surface area contributed by atoms with Crippen LogP contribution in [-0.2, 0) is 33.4 Å². The minimum absolute atomic E-state index is 0.0167. The van der Waals surface area contributed by atoms with E-state index in [0.29, 0.717) is 13.2 Å². The van der Waals surface area contributed by atoms with Crippen molar-refractivity contribution in [1.29, 1.82) is 0 Å². The third kappa shape index (κ3) is 12.4. The molecule has 0 N–H and O–H groups in total. The van der Waals surface area contributed by atoms with Crippen molar-refractivity contribution in [1.82, 2.24) is 0 Å². The van der Waals surface area contributed by atoms with Gasteiger partial charge in [-0.2, -0.15) is 0 Å². The van der Waals surface area contributed by atoms with Crippen LogP contribution in [0.5, 0.6) is 11.5 Å². The van der Waals surface area contributed by atoms with E-state index in [0.717, 1.165) is 25.7 Å². The third-order valence-electron chi connectivity index (χ3n) is 6.20. The van der Waals surface area contributed by atoms with Crippen molar-refractivity contribution in [3.63, 3.8) is 0 Å². The molecule has 0 radical (unpaired) electrons. The number of unbranched alkanes of at least 4 members (excludes halogenated alkanes) is 2. The number of methoxy groups -OCH3 is 1. The van der Waals surface area contributed by atoms with Crippen LogP contribution in [0.4, 0.5) is 0 Å². The molecular formula is C30H42Br2O10. The van der Waals surface area contributed by atoms with Gasteiger partial charge in [0.1, 0.15) is 21.2 Å². The zero-order valence-corrected chi connectivity index (χ0v) is 28.6. The smallest absolute Gasteiger partial charge is 0.338 e. The van der Waals surface area contributed by atoms with Crippen LogP contribution in [0.25, 0.3) is 0 Å². The fraction of sp³-hybridized carbons (Fsp3) is 0.633. The summed E-state index contributed by atoms with van der Waals surface area (Å²) in [5.41, 5.74) is -2.28. The number of benzene rings is 1. The van der Waals surface area contributed by atoms with Crippen LogP contribution in [0.3, 0.4) is 0 Å². The molecule has 42 heavy (non-hydrogen) atoms. The lowest BCUT2D eigenvalue weighted by Gasteiger charge is -2.25. The Balaban J connectivity index is 3.06. The van der Waals surface area contributed by atoms with Gasteiger partial charge in [0.25, 0.3) is 0 Å². The maximum atomic E-state index is 13.1. The molecule has 1 aromatic rings. The molecule has 12 heteroatoms. The molecule has 2 unspecified atom stereocenters. The zero-order valence-electron chi connectivity index (χ0n) is 25.4. The van der Waals surface area contributed by atoms with Gasteiger partial charge in [0.15, 0.2) is 0 Å². The number of ether oxygens (including phenoxy) is 5. The highest BCUT2D eigenvalue weighted by Crippen LogP contribution is 2.33. The average Bonchev–Trinajstić information content (AvgIpc) is 2.91. The molecule has 0 aliphatic rings. The Kier molecular flexibility index (Phi) is 15.7. The Hall–Kier alpha value is -2.47. The van der Waals surface area contributed by atoms with E-state index in [9.17, 15) is 24.0 Å². The van der Waals surface area contributed by atoms with Gasteiger partial charge < -0.3 is 23.7 Å². The summed E-state index contributed by atoms with van der Waals surface area (Å²) >= 11 is 6.58. The van der Waals surface area contributed by atoms with Gasteiger partial charge in [0.05, 0.1) is 36.7 Å². The highest BCUT2D eigenvalue weighted by atomic mass is 79.9. The molecule has 0 aromatic heterocycles. The number of carbonyl (C=O) groups is 5. The number of halogens is 2. The normalized spacial score (nSPS) is 13.0. The molecule has 236 valence electrons. The van der Waals surface area contributed by atoms with Crippen LogP contribution in [0.1, 0.15) is 90.4 Å². The average molecular weight is 722 g/mol. The highest BCUT2D eigenvalue weighted by molar-refractivity contribution is 9.10. The van der Waals surface area contributed by atoms with Crippen molar-refractivity contribution in [2.24, 2.45) is 10.8 Å². The molecule has 0 bridgehead atoms. The summed E-state index contributed by atoms with van der Waals surface area (Å²) in [5, 5.41) is 0. The van der Waals surface area contributed by atoms with Crippen LogP contribution in [0.2, 0.25) is 0 Å². The Morgan fingerprint density at radius 2 is 1.10 bits per heavy atom. The second kappa shape index (κ2) is 17.6. The Morgan fingerprint density at radius 1 is 0.714 bits per heavy atom. The van der Waals surface area contributed by atoms with E-state index < -0.39 is 50.3 Å². The first-order valence-electron chi connectivity index (χ1n) is 13.9. The largest absolute Gasteiger partial charge is 0.465 e. The molecule has 0 aliphatic heterocycles. The van der Waals surface area contributed by atoms with E-state index in [2.05, 4.69) is 31.9 Å². The van der Waals surface area contributed by atoms with E-state index >= 15 is 0 Å². The fourth-order valence-corrected chi connectivity index (χ4v) is 5.34. The minimum Gasteiger partial charge on any atom is -0.465 e. The minimum atomic E-state index is -1.13. The standard InChI is InChI=1S/C30H42Br2O10/c1-8-10-12-39-25(34)22(31)17-29(3,4)27(36)41-20-14-19(24(33)38-7)15-21(16-20)42-28(37)30(5,6)18-23(32)26(35)40-13-11-9-2/h14-16,22-23H,8-13,17-18H2,1-7H3. The number of rotatable bonds is 17. The lowest BCUT2D eigenvalue weighted by molar-refractivity contribution is -0.148. The van der Waals surface area contributed by atoms with Gasteiger partial charge in [0.2, 0.25) is 0 Å². The molecule has 0 amide bonds. The molecule has 0 spiro atoms. The molecule has 1 aromatic carbocycles. The van der Waals surface area contributed by atoms with Gasteiger partial charge in [-0.25, -0.2) is 4.79 Å². The summed E-state index contributed by atoms with van der Waals surface area (Å²) in [6, 6.07) is 3.87. The maximum Gasteiger partial charge on any atom is 0.338 e. The fourth-order valence-electron chi connectivity index (χ4n) is 3.46. The van der Waals surface area contributed by atoms with E-state index in [4.69, 9.17) is 23.7 Å². The lowest BCUT2D eigenvalue weighted by Crippen LogP contribution is -2.34. The summed E-state index contributed by atoms with van der Waals surface area (Å²) in [4.78, 5) is 61.6. The number of alkyl halides is 2. The van der Waals surface area contributed by atoms with E-state index in [1.165, 1.54) is 25.3 Å². The van der Waals surface area contributed by atoms with Crippen LogP contribution in [-0.4, -0.2) is 59.8 Å². The van der Waals surface area contributed by atoms with Crippen molar-refractivity contribution in [3.8, 4) is 11.5 Å². The van der Waals surface area contributed by atoms with Crippen LogP contribution >= 0.6 is 31.9 Å². The summed E-state index contributed by atoms with van der Waals surface area (Å²) < 4.78 is 26.4. The van der Waals surface area contributed by atoms with E-state index in [-0.39, 0.29) is 29.9 Å². The van der Waals surface area contributed by atoms with Crippen molar-refractivity contribution >= 4 is 61.7 Å². The molecule has 0 heterocycles. The lowest BCUT2D eigenvalue weighted by atomic mass is 9.88. The van der Waals surface area contributed by atoms with Crippen molar-refractivity contribution in [2.45, 2.75) is 89.7 Å². The van der Waals surface area contributed by atoms with Crippen LogP contribution in [0.15, 0.2) is 18.2 Å². The second-order valence-electron chi connectivity index (χ2n) is 11.1. The quantitative estimate of drug-likeness (QED) is 0.0591. The van der Waals surface area contributed by atoms with Gasteiger partial charge in [-0.1, -0.05) is 58.5 Å². The van der Waals surface area contributed by atoms with Crippen LogP contribution in [0, 0.1) is 10.8 Å². The number of hydrogen-bond acceptors (Lipinski definition) is 10. The highest BCUT2D eigenvalue weighted by Gasteiger charge is 2.37. The molecule has 1 rings (SSSR count). The van der Waals surface area contributed by atoms with Gasteiger partial charge in [-0.15, -0.1) is 0 Å². The summed E-state index contributed by atoms with van der Waals surface area (Å²) in [6.07, 6.45) is 3.39. The Bertz CT molecular complexity index is 1030. The van der Waals surface area contributed by atoms with Gasteiger partial charge in [0, 0.05) is 6.07 Å². The predicted molar refractivity (Wildman–Crippen MR) is 163 cm³/mol. The van der Waals surface area contributed by atoms with Crippen molar-refractivity contribution < 1.29 is 47.7 Å². The molecule has 0 fully saturated rings. The second-order valence-corrected chi connectivity index (χ2v) is 13.3. The van der Waals surface area contributed by atoms with E-state index in [1.54, 1.807) is 27.7 Å². The van der Waals surface area contributed by atoms with Gasteiger partial charge >= 0.3 is 29.8 Å². The Morgan fingerprint density at radius 3 is 1.43 bits per heavy atom. The topological polar surface area (TPSA) is 132 Å². The summed E-state index contributed by atoms with van der Waals surface area (Å²) in [6.45, 7) is 11.0. The van der Waals surface area contributed by atoms with Crippen molar-refractivity contribution in [3.05, 3.63) is 23.8 Å². The molecule has 2 atom stereocenters. The maximum absolute atomic E-state index is 13.1. The third-order valence-corrected chi connectivity index (χ3v) is 7.60. The SMILES string of the molecule is CCCCOC(=O)C(Br)CC(C)(C)C(=O)Oc1cc(OC(=O)C(C)(C)CC(Br)C(=O)OCCCC)cc(C(=O)OC)c1. The van der Waals surface area contributed by atoms with E-state index in [1.807, 2.05) is 13.8 Å². The first-order chi connectivity index (χ1) is 19.6. The molecule has 0 saturated heterocycles. The summed E-state index contributed by atoms with van der Waals surface area (Å²) in [7, 11) is 1.18. The van der Waals surface area contributed by atoms with Crippen LogP contribution < -0.4 is 9.47 Å². The van der Waals surface area contributed by atoms with Gasteiger partial charge in [-0.05, 0) is 65.5 Å². The zero-order chi connectivity index (χ0) is 32.1. The Labute approximate surface area is 264 Å². The molecular weight excluding hydrogens is 680 g/mol. The van der Waals surface area contributed by atoms with Gasteiger partial charge in [-0.3, -0.25) is 19.2 Å². The first-order valence-corrected chi connectivity index (χ1v) is 15.7. The number of carbonyl (C=O) groups excluding carboxylic acids is 5. The molecule has 10 nitrogen and oxygen atoms in total. The van der Waals surface area contributed by atoms with Crippen molar-refractivity contribution in [2.75, 3.05) is 20.3 Å². The number of hydrogen-bond donors (Lipinski definition) is 0. The molecule has 0 saturated carbocycles.